The number of carbonyl (C=O) groups is 1. The highest BCUT2D eigenvalue weighted by Crippen LogP contribution is 2.44. The lowest BCUT2D eigenvalue weighted by molar-refractivity contribution is -0.135. The average Bonchev–Trinajstić information content (AvgIpc) is 3.29. The minimum absolute atomic E-state index is 0.0281. The first-order valence-electron chi connectivity index (χ1n) is 10.9. The number of thioether (sulfide) groups is 1. The van der Waals surface area contributed by atoms with E-state index in [0.717, 1.165) is 42.0 Å². The van der Waals surface area contributed by atoms with Gasteiger partial charge in [0.2, 0.25) is 5.91 Å². The first kappa shape index (κ1) is 22.1. The summed E-state index contributed by atoms with van der Waals surface area (Å²) in [6.45, 7) is 6.29. The van der Waals surface area contributed by atoms with E-state index < -0.39 is 11.5 Å². The van der Waals surface area contributed by atoms with Crippen LogP contribution in [-0.2, 0) is 10.3 Å². The second kappa shape index (κ2) is 8.80. The van der Waals surface area contributed by atoms with Crippen molar-refractivity contribution in [3.63, 3.8) is 0 Å². The fourth-order valence-corrected chi connectivity index (χ4v) is 5.87. The first-order chi connectivity index (χ1) is 14.8. The van der Waals surface area contributed by atoms with Gasteiger partial charge in [0.25, 0.3) is 0 Å². The Kier molecular flexibility index (Phi) is 6.27. The Balaban J connectivity index is 1.79. The van der Waals surface area contributed by atoms with Gasteiger partial charge in [-0.05, 0) is 63.4 Å². The maximum Gasteiger partial charge on any atom is 0.244 e. The van der Waals surface area contributed by atoms with E-state index >= 15 is 0 Å². The van der Waals surface area contributed by atoms with Gasteiger partial charge in [0.05, 0.1) is 16.5 Å². The van der Waals surface area contributed by atoms with Crippen LogP contribution in [0.25, 0.3) is 0 Å². The topological polar surface area (TPSA) is 32.3 Å². The molecule has 1 amide bonds. The number of amides is 1. The van der Waals surface area contributed by atoms with Gasteiger partial charge in [0.1, 0.15) is 11.7 Å². The number of carbonyl (C=O) groups excluding carboxylic acids is 1. The van der Waals surface area contributed by atoms with Crippen molar-refractivity contribution < 1.29 is 13.6 Å². The van der Waals surface area contributed by atoms with Crippen LogP contribution in [0.2, 0.25) is 0 Å². The van der Waals surface area contributed by atoms with Crippen LogP contribution in [0.15, 0.2) is 52.1 Å². The lowest BCUT2D eigenvalue weighted by Crippen LogP contribution is -2.51. The Bertz CT molecular complexity index is 964. The summed E-state index contributed by atoms with van der Waals surface area (Å²) in [5.41, 5.74) is 1.22. The van der Waals surface area contributed by atoms with Crippen LogP contribution in [0.3, 0.4) is 0 Å². The van der Waals surface area contributed by atoms with E-state index in [9.17, 15) is 13.6 Å². The van der Waals surface area contributed by atoms with E-state index in [4.69, 9.17) is 0 Å². The van der Waals surface area contributed by atoms with Crippen LogP contribution in [0.5, 0.6) is 0 Å². The van der Waals surface area contributed by atoms with Gasteiger partial charge in [0, 0.05) is 35.4 Å². The largest absolute Gasteiger partial charge is 0.307 e. The second-order valence-electron chi connectivity index (χ2n) is 8.84. The molecule has 4 rings (SSSR count). The molecule has 0 spiro atoms. The normalized spacial score (nSPS) is 28.7. The SMILES string of the molecule is C/C(=C\N(C(=O)[C@@H]1CCCN1)C1(C)CCSc2c#cccc21)C1=C(F)C[C@@H](C)C(F)=C1. The Morgan fingerprint density at radius 1 is 1.42 bits per heavy atom. The molecular weight excluding hydrogens is 414 g/mol. The van der Waals surface area contributed by atoms with Crippen molar-refractivity contribution >= 4 is 17.7 Å². The van der Waals surface area contributed by atoms with Gasteiger partial charge in [-0.2, -0.15) is 0 Å². The molecule has 1 saturated heterocycles. The third-order valence-electron chi connectivity index (χ3n) is 6.58. The summed E-state index contributed by atoms with van der Waals surface area (Å²) in [4.78, 5) is 16.4. The lowest BCUT2D eigenvalue weighted by Gasteiger charge is -2.44. The number of fused-ring (bicyclic) bond motifs is 1. The molecule has 3 nitrogen and oxygen atoms in total. The molecule has 3 atom stereocenters. The molecule has 1 aromatic carbocycles. The summed E-state index contributed by atoms with van der Waals surface area (Å²) in [7, 11) is 0. The molecule has 6 heteroatoms. The van der Waals surface area contributed by atoms with Gasteiger partial charge < -0.3 is 10.2 Å². The molecule has 1 aliphatic carbocycles. The number of hydrogen-bond acceptors (Lipinski definition) is 3. The highest BCUT2D eigenvalue weighted by atomic mass is 32.2. The Morgan fingerprint density at radius 2 is 2.23 bits per heavy atom. The quantitative estimate of drug-likeness (QED) is 0.659. The van der Waals surface area contributed by atoms with Gasteiger partial charge in [-0.15, -0.1) is 11.8 Å². The van der Waals surface area contributed by atoms with Gasteiger partial charge in [0.15, 0.2) is 0 Å². The number of rotatable bonds is 4. The molecular formula is C25H28F2N2OS. The minimum Gasteiger partial charge on any atom is -0.307 e. The van der Waals surface area contributed by atoms with E-state index in [2.05, 4.69) is 24.4 Å². The smallest absolute Gasteiger partial charge is 0.244 e. The number of nitrogens with zero attached hydrogens (tertiary/aromatic N) is 1. The molecule has 31 heavy (non-hydrogen) atoms. The molecule has 3 aliphatic rings. The molecule has 1 N–H and O–H groups in total. The van der Waals surface area contributed by atoms with Gasteiger partial charge in [-0.1, -0.05) is 19.1 Å². The van der Waals surface area contributed by atoms with Crippen molar-refractivity contribution in [2.75, 3.05) is 12.3 Å². The zero-order chi connectivity index (χ0) is 22.2. The van der Waals surface area contributed by atoms with Crippen molar-refractivity contribution in [1.82, 2.24) is 10.2 Å². The van der Waals surface area contributed by atoms with Crippen LogP contribution in [0.1, 0.15) is 52.0 Å². The number of nitrogens with one attached hydrogen (secondary N) is 1. The molecule has 0 saturated carbocycles. The fraction of sp³-hybridized carbons (Fsp3) is 0.480. The third kappa shape index (κ3) is 4.18. The van der Waals surface area contributed by atoms with Crippen LogP contribution in [0, 0.1) is 18.1 Å². The van der Waals surface area contributed by atoms with Crippen LogP contribution in [-0.4, -0.2) is 29.1 Å². The Labute approximate surface area is 187 Å². The van der Waals surface area contributed by atoms with Gasteiger partial charge in [-0.3, -0.25) is 4.79 Å². The summed E-state index contributed by atoms with van der Waals surface area (Å²) in [6, 6.07) is 9.72. The van der Waals surface area contributed by atoms with Gasteiger partial charge >= 0.3 is 0 Å². The maximum atomic E-state index is 14.8. The van der Waals surface area contributed by atoms with Crippen molar-refractivity contribution in [2.24, 2.45) is 5.92 Å². The molecule has 2 heterocycles. The van der Waals surface area contributed by atoms with Gasteiger partial charge in [-0.25, -0.2) is 8.78 Å². The standard InChI is InChI=1S/C25H28F2N2OS/c1-16-13-21(27)18(14-20(16)26)17(2)15-29(24(30)22-8-6-11-28-22)25(3)10-12-31-23-9-5-4-7-19(23)25/h4,7,14-16,22,28H,6,8,10-13H2,1-3H3/b17-15+/t16-,22+,25?/m1/s1. The summed E-state index contributed by atoms with van der Waals surface area (Å²) in [5, 5.41) is 3.29. The van der Waals surface area contributed by atoms with E-state index in [1.165, 1.54) is 6.08 Å². The first-order valence-corrected chi connectivity index (χ1v) is 11.9. The highest BCUT2D eigenvalue weighted by Gasteiger charge is 2.42. The van der Waals surface area contributed by atoms with Crippen LogP contribution in [0.4, 0.5) is 8.78 Å². The number of hydrogen-bond donors (Lipinski definition) is 1. The predicted octanol–water partition coefficient (Wildman–Crippen LogP) is 5.60. The van der Waals surface area contributed by atoms with E-state index in [1.54, 1.807) is 36.7 Å². The van der Waals surface area contributed by atoms with Crippen molar-refractivity contribution in [1.29, 1.82) is 0 Å². The number of allylic oxidation sites excluding steroid dienone is 5. The Hall–Kier alpha value is -2.10. The lowest BCUT2D eigenvalue weighted by atomic mass is 9.86. The minimum atomic E-state index is -0.601. The summed E-state index contributed by atoms with van der Waals surface area (Å²) < 4.78 is 29.0. The van der Waals surface area contributed by atoms with Crippen molar-refractivity contribution in [3.05, 3.63) is 64.9 Å². The fourth-order valence-electron chi connectivity index (χ4n) is 4.59. The summed E-state index contributed by atoms with van der Waals surface area (Å²) in [6.07, 6.45) is 5.53. The van der Waals surface area contributed by atoms with E-state index in [-0.39, 0.29) is 35.6 Å². The monoisotopic (exact) mass is 442 g/mol. The maximum absolute atomic E-state index is 14.8. The molecule has 0 aromatic heterocycles. The molecule has 1 fully saturated rings. The molecule has 0 bridgehead atoms. The highest BCUT2D eigenvalue weighted by molar-refractivity contribution is 7.99. The predicted molar refractivity (Wildman–Crippen MR) is 120 cm³/mol. The zero-order valence-electron chi connectivity index (χ0n) is 18.2. The molecule has 1 aromatic rings. The average molecular weight is 443 g/mol. The molecule has 2 aliphatic heterocycles. The zero-order valence-corrected chi connectivity index (χ0v) is 19.0. The molecule has 1 unspecified atom stereocenters. The summed E-state index contributed by atoms with van der Waals surface area (Å²) >= 11 is 1.71. The third-order valence-corrected chi connectivity index (χ3v) is 7.60. The molecule has 0 radical (unpaired) electrons. The van der Waals surface area contributed by atoms with Crippen molar-refractivity contribution in [2.45, 2.75) is 62.9 Å². The summed E-state index contributed by atoms with van der Waals surface area (Å²) in [5.74, 6) is -0.296. The van der Waals surface area contributed by atoms with Crippen LogP contribution >= 0.6 is 11.8 Å². The Morgan fingerprint density at radius 3 is 2.97 bits per heavy atom. The van der Waals surface area contributed by atoms with E-state index in [1.807, 2.05) is 12.1 Å². The van der Waals surface area contributed by atoms with Crippen LogP contribution < -0.4 is 5.32 Å². The van der Waals surface area contributed by atoms with Crippen molar-refractivity contribution in [3.8, 4) is 0 Å². The second-order valence-corrected chi connectivity index (χ2v) is 9.95. The van der Waals surface area contributed by atoms with E-state index in [0.29, 0.717) is 5.57 Å². The molecule has 164 valence electrons. The number of halogens is 2.